The van der Waals surface area contributed by atoms with Gasteiger partial charge in [-0.2, -0.15) is 0 Å². The molecule has 3 saturated heterocycles. The molecule has 4 atom stereocenters. The zero-order valence-electron chi connectivity index (χ0n) is 16.6. The molecule has 1 amide bonds. The third kappa shape index (κ3) is 3.82. The molecule has 1 spiro atoms. The molecule has 1 aromatic heterocycles. The van der Waals surface area contributed by atoms with Crippen molar-refractivity contribution < 1.29 is 19.4 Å². The van der Waals surface area contributed by atoms with Gasteiger partial charge in [0.15, 0.2) is 5.16 Å². The average molecular weight is 421 g/mol. The maximum Gasteiger partial charge on any atom is 0.290 e. The number of carboxylic acid groups (broad SMARTS) is 1. The first-order valence-corrected chi connectivity index (χ1v) is 11.5. The average Bonchev–Trinajstić information content (AvgIpc) is 3.34. The largest absolute Gasteiger partial charge is 0.483 e. The molecule has 1 saturated carbocycles. The Morgan fingerprint density at radius 2 is 2.28 bits per heavy atom. The standard InChI is InChI=1S/C19H26N4O2S.CH2O2/c1-26-18-20-8-6-16(22-18)23-10-14-13(9-21-17(24)12-3-2-4-12)15-5-7-19(14,11-23)25-15;2-1-3/h6,8,12-15H,2-5,7,9-11H2,1H3,(H,21,24);1H,(H,2,3)/t13-,14+,15+,19+;/m0./s1. The normalized spacial score (nSPS) is 32.2. The van der Waals surface area contributed by atoms with Crippen molar-refractivity contribution in [3.05, 3.63) is 12.3 Å². The van der Waals surface area contributed by atoms with E-state index in [4.69, 9.17) is 14.6 Å². The van der Waals surface area contributed by atoms with Crippen LogP contribution >= 0.6 is 11.8 Å². The van der Waals surface area contributed by atoms with Crippen LogP contribution in [0.25, 0.3) is 0 Å². The summed E-state index contributed by atoms with van der Waals surface area (Å²) in [5, 5.41) is 10.9. The summed E-state index contributed by atoms with van der Waals surface area (Å²) in [5.74, 6) is 2.42. The Morgan fingerprint density at radius 1 is 1.48 bits per heavy atom. The first-order valence-electron chi connectivity index (χ1n) is 10.3. The lowest BCUT2D eigenvalue weighted by atomic mass is 9.73. The molecule has 4 fully saturated rings. The smallest absolute Gasteiger partial charge is 0.290 e. The molecule has 158 valence electrons. The van der Waals surface area contributed by atoms with Crippen molar-refractivity contribution in [2.75, 3.05) is 30.8 Å². The molecule has 29 heavy (non-hydrogen) atoms. The van der Waals surface area contributed by atoms with Crippen molar-refractivity contribution in [3.8, 4) is 0 Å². The monoisotopic (exact) mass is 420 g/mol. The van der Waals surface area contributed by atoms with Crippen molar-refractivity contribution in [3.63, 3.8) is 0 Å². The van der Waals surface area contributed by atoms with Crippen molar-refractivity contribution in [2.24, 2.45) is 17.8 Å². The van der Waals surface area contributed by atoms with Crippen LogP contribution in [0.4, 0.5) is 5.82 Å². The van der Waals surface area contributed by atoms with E-state index in [1.165, 1.54) is 6.42 Å². The number of amides is 1. The first-order chi connectivity index (χ1) is 14.1. The number of nitrogens with one attached hydrogen (secondary N) is 1. The number of aromatic nitrogens is 2. The molecular weight excluding hydrogens is 392 g/mol. The molecule has 3 aliphatic heterocycles. The maximum atomic E-state index is 12.3. The number of rotatable bonds is 5. The Hall–Kier alpha value is -1.87. The Morgan fingerprint density at radius 3 is 2.97 bits per heavy atom. The van der Waals surface area contributed by atoms with Gasteiger partial charge in [-0.25, -0.2) is 9.97 Å². The summed E-state index contributed by atoms with van der Waals surface area (Å²) < 4.78 is 6.50. The van der Waals surface area contributed by atoms with Crippen LogP contribution in [0.1, 0.15) is 32.1 Å². The predicted molar refractivity (Wildman–Crippen MR) is 109 cm³/mol. The molecule has 0 unspecified atom stereocenters. The molecule has 1 aliphatic carbocycles. The summed E-state index contributed by atoms with van der Waals surface area (Å²) in [5.41, 5.74) is -0.0407. The number of carbonyl (C=O) groups is 2. The molecule has 0 aromatic carbocycles. The van der Waals surface area contributed by atoms with E-state index in [0.29, 0.717) is 17.9 Å². The van der Waals surface area contributed by atoms with Crippen LogP contribution in [0.15, 0.2) is 17.4 Å². The minimum Gasteiger partial charge on any atom is -0.483 e. The second-order valence-electron chi connectivity index (χ2n) is 8.29. The summed E-state index contributed by atoms with van der Waals surface area (Å²) in [7, 11) is 0. The van der Waals surface area contributed by atoms with Crippen molar-refractivity contribution in [1.29, 1.82) is 0 Å². The highest BCUT2D eigenvalue weighted by atomic mass is 32.2. The van der Waals surface area contributed by atoms with Crippen LogP contribution in [0.5, 0.6) is 0 Å². The van der Waals surface area contributed by atoms with Gasteiger partial charge in [-0.15, -0.1) is 0 Å². The summed E-state index contributed by atoms with van der Waals surface area (Å²) in [6.07, 6.45) is 9.73. The van der Waals surface area contributed by atoms with Crippen LogP contribution in [0.3, 0.4) is 0 Å². The van der Waals surface area contributed by atoms with Gasteiger partial charge < -0.3 is 20.1 Å². The Balaban J connectivity index is 0.000000645. The number of hydrogen-bond acceptors (Lipinski definition) is 7. The molecule has 0 radical (unpaired) electrons. The van der Waals surface area contributed by atoms with Crippen molar-refractivity contribution >= 4 is 30.0 Å². The van der Waals surface area contributed by atoms with Crippen LogP contribution in [-0.4, -0.2) is 65.0 Å². The Bertz CT molecular complexity index is 762. The predicted octanol–water partition coefficient (Wildman–Crippen LogP) is 1.80. The molecule has 2 N–H and O–H groups in total. The number of nitrogens with zero attached hydrogens (tertiary/aromatic N) is 3. The minimum absolute atomic E-state index is 0.0407. The molecule has 8 nitrogen and oxygen atoms in total. The van der Waals surface area contributed by atoms with Gasteiger partial charge in [0.2, 0.25) is 5.91 Å². The summed E-state index contributed by atoms with van der Waals surface area (Å²) >= 11 is 1.57. The number of ether oxygens (including phenoxy) is 1. The van der Waals surface area contributed by atoms with Gasteiger partial charge in [0, 0.05) is 43.6 Å². The highest BCUT2D eigenvalue weighted by Crippen LogP contribution is 2.55. The van der Waals surface area contributed by atoms with E-state index < -0.39 is 0 Å². The van der Waals surface area contributed by atoms with Crippen LogP contribution in [0, 0.1) is 17.8 Å². The number of hydrogen-bond donors (Lipinski definition) is 2. The van der Waals surface area contributed by atoms with Gasteiger partial charge in [0.05, 0.1) is 11.7 Å². The first kappa shape index (κ1) is 20.4. The van der Waals surface area contributed by atoms with Crippen LogP contribution < -0.4 is 10.2 Å². The van der Waals surface area contributed by atoms with E-state index in [1.54, 1.807) is 11.8 Å². The number of carbonyl (C=O) groups excluding carboxylic acids is 1. The minimum atomic E-state index is -0.250. The summed E-state index contributed by atoms with van der Waals surface area (Å²) in [6.45, 7) is 2.39. The fourth-order valence-corrected chi connectivity index (χ4v) is 5.63. The van der Waals surface area contributed by atoms with Crippen molar-refractivity contribution in [1.82, 2.24) is 15.3 Å². The van der Waals surface area contributed by atoms with Gasteiger partial charge >= 0.3 is 0 Å². The second kappa shape index (κ2) is 8.47. The molecule has 2 bridgehead atoms. The second-order valence-corrected chi connectivity index (χ2v) is 9.06. The van der Waals surface area contributed by atoms with Gasteiger partial charge in [-0.05, 0) is 38.0 Å². The lowest BCUT2D eigenvalue weighted by Crippen LogP contribution is -2.44. The van der Waals surface area contributed by atoms with Gasteiger partial charge in [-0.3, -0.25) is 9.59 Å². The highest BCUT2D eigenvalue weighted by Gasteiger charge is 2.63. The molecule has 4 heterocycles. The maximum absolute atomic E-state index is 12.3. The SMILES string of the molecule is CSc1nccc(N2C[C@@H]3[C@H](CNC(=O)C4CCC4)[C@H]4CC[C@]3(C2)O4)n1.O=CO. The number of thioether (sulfide) groups is 1. The fraction of sp³-hybridized carbons (Fsp3) is 0.700. The lowest BCUT2D eigenvalue weighted by molar-refractivity contribution is -0.127. The van der Waals surface area contributed by atoms with Crippen molar-refractivity contribution in [2.45, 2.75) is 49.0 Å². The lowest BCUT2D eigenvalue weighted by Gasteiger charge is -2.30. The van der Waals surface area contributed by atoms with E-state index in [0.717, 1.165) is 56.3 Å². The quantitative estimate of drug-likeness (QED) is 0.422. The van der Waals surface area contributed by atoms with E-state index >= 15 is 0 Å². The zero-order chi connectivity index (χ0) is 20.4. The van der Waals surface area contributed by atoms with E-state index in [1.807, 2.05) is 18.5 Å². The van der Waals surface area contributed by atoms with Gasteiger partial charge in [0.25, 0.3) is 6.47 Å². The van der Waals surface area contributed by atoms with Gasteiger partial charge in [0.1, 0.15) is 5.82 Å². The van der Waals surface area contributed by atoms with Crippen LogP contribution in [-0.2, 0) is 14.3 Å². The molecular formula is C20H28N4O4S. The highest BCUT2D eigenvalue weighted by molar-refractivity contribution is 7.98. The van der Waals surface area contributed by atoms with E-state index in [-0.39, 0.29) is 23.9 Å². The third-order valence-corrected chi connectivity index (χ3v) is 7.46. The molecule has 1 aromatic rings. The Labute approximate surface area is 174 Å². The van der Waals surface area contributed by atoms with E-state index in [9.17, 15) is 4.79 Å². The molecule has 5 rings (SSSR count). The summed E-state index contributed by atoms with van der Waals surface area (Å²) in [4.78, 5) is 31.9. The zero-order valence-corrected chi connectivity index (χ0v) is 17.4. The Kier molecular flexibility index (Phi) is 5.96. The topological polar surface area (TPSA) is 105 Å². The fourth-order valence-electron chi connectivity index (χ4n) is 5.28. The van der Waals surface area contributed by atoms with Gasteiger partial charge in [-0.1, -0.05) is 18.2 Å². The number of fused-ring (bicyclic) bond motifs is 1. The van der Waals surface area contributed by atoms with Crippen LogP contribution in [0.2, 0.25) is 0 Å². The molecule has 4 aliphatic rings. The van der Waals surface area contributed by atoms with E-state index in [2.05, 4.69) is 20.2 Å². The summed E-state index contributed by atoms with van der Waals surface area (Å²) in [6, 6.07) is 2.00. The number of anilines is 1. The molecule has 9 heteroatoms. The third-order valence-electron chi connectivity index (χ3n) is 6.90.